The smallest absolute Gasteiger partial charge is 0.330 e. The summed E-state index contributed by atoms with van der Waals surface area (Å²) in [5, 5.41) is 0. The van der Waals surface area contributed by atoms with Gasteiger partial charge in [0, 0.05) is 20.1 Å². The van der Waals surface area contributed by atoms with Crippen molar-refractivity contribution in [1.82, 2.24) is 14.5 Å². The summed E-state index contributed by atoms with van der Waals surface area (Å²) in [7, 11) is 1.49. The van der Waals surface area contributed by atoms with E-state index in [1.165, 1.54) is 21.4 Å². The van der Waals surface area contributed by atoms with E-state index in [0.29, 0.717) is 5.75 Å². The van der Waals surface area contributed by atoms with Crippen molar-refractivity contribution in [3.05, 3.63) is 50.7 Å². The fourth-order valence-electron chi connectivity index (χ4n) is 3.40. The van der Waals surface area contributed by atoms with Gasteiger partial charge < -0.3 is 20.3 Å². The number of amides is 2. The number of nitrogens with one attached hydrogen (secondary N) is 1. The maximum Gasteiger partial charge on any atom is 0.330 e. The topological polar surface area (TPSA) is 131 Å². The van der Waals surface area contributed by atoms with Gasteiger partial charge in [-0.05, 0) is 36.5 Å². The van der Waals surface area contributed by atoms with E-state index in [9.17, 15) is 19.2 Å². The van der Waals surface area contributed by atoms with E-state index in [0.717, 1.165) is 5.56 Å². The Morgan fingerprint density at radius 3 is 2.38 bits per heavy atom. The first-order valence-corrected chi connectivity index (χ1v) is 11.3. The molecule has 10 heteroatoms. The van der Waals surface area contributed by atoms with E-state index in [1.54, 1.807) is 6.07 Å². The van der Waals surface area contributed by atoms with E-state index < -0.39 is 23.1 Å². The molecule has 0 aliphatic heterocycles. The number of carbonyl (C=O) groups is 2. The number of benzene rings is 1. The average Bonchev–Trinajstić information content (AvgIpc) is 2.73. The average molecular weight is 474 g/mol. The molecule has 0 fully saturated rings. The van der Waals surface area contributed by atoms with Gasteiger partial charge in [-0.15, -0.1) is 0 Å². The number of aryl methyl sites for hydroxylation is 1. The maximum atomic E-state index is 13.2. The summed E-state index contributed by atoms with van der Waals surface area (Å²) >= 11 is 0. The zero-order valence-corrected chi connectivity index (χ0v) is 20.8. The number of nitrogen functional groups attached to an aromatic ring is 1. The third kappa shape index (κ3) is 6.97. The van der Waals surface area contributed by atoms with E-state index in [2.05, 4.69) is 4.98 Å². The number of nitrogens with two attached hydrogens (primary N) is 1. The Labute approximate surface area is 199 Å². The van der Waals surface area contributed by atoms with E-state index in [-0.39, 0.29) is 49.6 Å². The normalized spacial score (nSPS) is 11.1. The van der Waals surface area contributed by atoms with Crippen molar-refractivity contribution >= 4 is 23.3 Å². The Morgan fingerprint density at radius 2 is 1.79 bits per heavy atom. The van der Waals surface area contributed by atoms with Crippen LogP contribution < -0.4 is 26.6 Å². The number of ether oxygens (including phenoxy) is 1. The van der Waals surface area contributed by atoms with Crippen molar-refractivity contribution < 1.29 is 14.3 Å². The van der Waals surface area contributed by atoms with Crippen LogP contribution in [0, 0.1) is 18.8 Å². The Bertz CT molecular complexity index is 1140. The summed E-state index contributed by atoms with van der Waals surface area (Å²) in [6, 6.07) is 7.30. The second-order valence-corrected chi connectivity index (χ2v) is 9.25. The molecule has 10 nitrogen and oxygen atoms in total. The van der Waals surface area contributed by atoms with Crippen LogP contribution >= 0.6 is 0 Å². The van der Waals surface area contributed by atoms with Crippen LogP contribution in [-0.2, 0) is 16.1 Å². The highest BCUT2D eigenvalue weighted by Crippen LogP contribution is 2.20. The Kier molecular flexibility index (Phi) is 9.05. The molecule has 0 saturated carbocycles. The van der Waals surface area contributed by atoms with Crippen LogP contribution in [0.25, 0.3) is 0 Å². The Morgan fingerprint density at radius 1 is 1.12 bits per heavy atom. The molecule has 0 saturated heterocycles. The molecule has 186 valence electrons. The van der Waals surface area contributed by atoms with E-state index in [1.807, 2.05) is 52.8 Å². The summed E-state index contributed by atoms with van der Waals surface area (Å²) in [4.78, 5) is 55.5. The van der Waals surface area contributed by atoms with Crippen LogP contribution in [0.4, 0.5) is 11.5 Å². The lowest BCUT2D eigenvalue weighted by Gasteiger charge is -2.28. The minimum absolute atomic E-state index is 0.00103. The van der Waals surface area contributed by atoms with Gasteiger partial charge in [-0.25, -0.2) is 4.79 Å². The molecule has 0 spiro atoms. The van der Waals surface area contributed by atoms with E-state index in [4.69, 9.17) is 10.5 Å². The summed E-state index contributed by atoms with van der Waals surface area (Å²) in [5.74, 6) is -0.323. The fraction of sp³-hybridized carbons (Fsp3) is 0.500. The van der Waals surface area contributed by atoms with Crippen molar-refractivity contribution in [2.24, 2.45) is 11.8 Å². The predicted molar refractivity (Wildman–Crippen MR) is 132 cm³/mol. The second kappa shape index (κ2) is 11.5. The number of likely N-dealkylation sites (N-methyl/N-ethyl adjacent to an activating group) is 1. The van der Waals surface area contributed by atoms with Crippen molar-refractivity contribution in [3.8, 4) is 5.75 Å². The number of aromatic amines is 1. The quantitative estimate of drug-likeness (QED) is 0.539. The predicted octanol–water partition coefficient (Wildman–Crippen LogP) is 1.61. The number of anilines is 2. The molecule has 2 aromatic rings. The molecular weight excluding hydrogens is 438 g/mol. The van der Waals surface area contributed by atoms with Gasteiger partial charge in [0.25, 0.3) is 11.5 Å². The number of hydrogen-bond donors (Lipinski definition) is 2. The number of aromatic nitrogens is 2. The number of hydrogen-bond acceptors (Lipinski definition) is 6. The van der Waals surface area contributed by atoms with Gasteiger partial charge in [0.15, 0.2) is 12.3 Å². The molecule has 0 aliphatic carbocycles. The molecule has 0 bridgehead atoms. The van der Waals surface area contributed by atoms with Gasteiger partial charge in [-0.2, -0.15) is 0 Å². The van der Waals surface area contributed by atoms with Gasteiger partial charge >= 0.3 is 5.69 Å². The third-order valence-electron chi connectivity index (χ3n) is 5.03. The fourth-order valence-corrected chi connectivity index (χ4v) is 3.40. The van der Waals surface area contributed by atoms with Gasteiger partial charge in [-0.1, -0.05) is 39.8 Å². The van der Waals surface area contributed by atoms with Crippen LogP contribution in [0.1, 0.15) is 33.3 Å². The molecule has 2 amide bonds. The standard InChI is InChI=1S/C24H35N5O5/c1-15(2)11-28(21-22(25)29(12-16(3)4)24(33)26-23(21)32)19(30)13-27(6)20(31)14-34-18-9-7-8-17(5)10-18/h7-10,15-16H,11-14,25H2,1-6H3,(H,26,32,33). The van der Waals surface area contributed by atoms with E-state index >= 15 is 0 Å². The minimum atomic E-state index is -0.742. The van der Waals surface area contributed by atoms with Crippen molar-refractivity contribution in [1.29, 1.82) is 0 Å². The van der Waals surface area contributed by atoms with Crippen LogP contribution in [-0.4, -0.2) is 53.0 Å². The van der Waals surface area contributed by atoms with Crippen molar-refractivity contribution in [2.45, 2.75) is 41.2 Å². The second-order valence-electron chi connectivity index (χ2n) is 9.25. The SMILES string of the molecule is Cc1cccc(OCC(=O)N(C)CC(=O)N(CC(C)C)c2c(N)n(CC(C)C)c(=O)[nH]c2=O)c1. The zero-order valence-electron chi connectivity index (χ0n) is 20.8. The highest BCUT2D eigenvalue weighted by Gasteiger charge is 2.27. The number of H-pyrrole nitrogens is 1. The first kappa shape index (κ1) is 26.7. The molecule has 1 aromatic heterocycles. The van der Waals surface area contributed by atoms with Crippen molar-refractivity contribution in [2.75, 3.05) is 37.4 Å². The molecule has 1 aromatic carbocycles. The molecule has 0 radical (unpaired) electrons. The molecule has 0 unspecified atom stereocenters. The zero-order chi connectivity index (χ0) is 25.6. The number of rotatable bonds is 10. The highest BCUT2D eigenvalue weighted by atomic mass is 16.5. The molecule has 2 rings (SSSR count). The summed E-state index contributed by atoms with van der Waals surface area (Å²) in [6.45, 7) is 9.46. The van der Waals surface area contributed by atoms with Gasteiger partial charge in [-0.3, -0.25) is 23.9 Å². The van der Waals surface area contributed by atoms with Gasteiger partial charge in [0.2, 0.25) is 5.91 Å². The highest BCUT2D eigenvalue weighted by molar-refractivity contribution is 5.98. The lowest BCUT2D eigenvalue weighted by Crippen LogP contribution is -2.47. The van der Waals surface area contributed by atoms with Crippen LogP contribution in [0.5, 0.6) is 5.75 Å². The summed E-state index contributed by atoms with van der Waals surface area (Å²) in [5.41, 5.74) is 5.75. The summed E-state index contributed by atoms with van der Waals surface area (Å²) < 4.78 is 6.79. The first-order valence-electron chi connectivity index (χ1n) is 11.3. The van der Waals surface area contributed by atoms with Gasteiger partial charge in [0.1, 0.15) is 11.6 Å². The van der Waals surface area contributed by atoms with Crippen LogP contribution in [0.2, 0.25) is 0 Å². The van der Waals surface area contributed by atoms with Crippen LogP contribution in [0.3, 0.4) is 0 Å². The first-order chi connectivity index (χ1) is 15.9. The number of carbonyl (C=O) groups excluding carboxylic acids is 2. The molecule has 0 atom stereocenters. The monoisotopic (exact) mass is 473 g/mol. The Balaban J connectivity index is 2.25. The molecule has 0 aliphatic rings. The molecule has 1 heterocycles. The molecule has 3 N–H and O–H groups in total. The van der Waals surface area contributed by atoms with Crippen LogP contribution in [0.15, 0.2) is 33.9 Å². The van der Waals surface area contributed by atoms with Crippen molar-refractivity contribution in [3.63, 3.8) is 0 Å². The number of nitrogens with zero attached hydrogens (tertiary/aromatic N) is 3. The summed E-state index contributed by atoms with van der Waals surface area (Å²) in [6.07, 6.45) is 0. The Hall–Kier alpha value is -3.56. The minimum Gasteiger partial charge on any atom is -0.484 e. The lowest BCUT2D eigenvalue weighted by atomic mass is 10.2. The van der Waals surface area contributed by atoms with Gasteiger partial charge in [0.05, 0.1) is 6.54 Å². The molecular formula is C24H35N5O5. The lowest BCUT2D eigenvalue weighted by molar-refractivity contribution is -0.135. The third-order valence-corrected chi connectivity index (χ3v) is 5.03. The maximum absolute atomic E-state index is 13.2. The largest absolute Gasteiger partial charge is 0.484 e. The molecule has 34 heavy (non-hydrogen) atoms.